The zero-order valence-electron chi connectivity index (χ0n) is 8.78. The Labute approximate surface area is 96.1 Å². The van der Waals surface area contributed by atoms with Crippen LogP contribution in [0, 0.1) is 0 Å². The van der Waals surface area contributed by atoms with E-state index in [0.29, 0.717) is 5.65 Å². The molecule has 17 heavy (non-hydrogen) atoms. The van der Waals surface area contributed by atoms with Crippen LogP contribution < -0.4 is 0 Å². The first-order chi connectivity index (χ1) is 8.08. The highest BCUT2D eigenvalue weighted by atomic mass is 16.4. The van der Waals surface area contributed by atoms with E-state index in [9.17, 15) is 9.59 Å². The van der Waals surface area contributed by atoms with Crippen molar-refractivity contribution in [3.63, 3.8) is 0 Å². The van der Waals surface area contributed by atoms with Gasteiger partial charge < -0.3 is 14.6 Å². The van der Waals surface area contributed by atoms with Gasteiger partial charge in [0.05, 0.1) is 12.1 Å². The molecule has 2 rings (SSSR count). The van der Waals surface area contributed by atoms with Crippen LogP contribution in [0.3, 0.4) is 0 Å². The summed E-state index contributed by atoms with van der Waals surface area (Å²) in [5, 5.41) is 17.7. The quantitative estimate of drug-likeness (QED) is 0.822. The summed E-state index contributed by atoms with van der Waals surface area (Å²) in [6, 6.07) is 5.29. The Balaban J connectivity index is 2.41. The maximum absolute atomic E-state index is 11.0. The summed E-state index contributed by atoms with van der Waals surface area (Å²) in [7, 11) is 0. The number of carboxylic acids is 2. The van der Waals surface area contributed by atoms with Crippen LogP contribution in [0.5, 0.6) is 0 Å². The van der Waals surface area contributed by atoms with Crippen molar-refractivity contribution in [3.8, 4) is 0 Å². The molecule has 0 aliphatic heterocycles. The fourth-order valence-electron chi connectivity index (χ4n) is 1.62. The van der Waals surface area contributed by atoms with Crippen molar-refractivity contribution in [2.24, 2.45) is 0 Å². The lowest BCUT2D eigenvalue weighted by molar-refractivity contribution is -0.145. The van der Waals surface area contributed by atoms with E-state index < -0.39 is 24.3 Å². The van der Waals surface area contributed by atoms with Gasteiger partial charge in [0.15, 0.2) is 0 Å². The molecule has 0 bridgehead atoms. The number of fused-ring (bicyclic) bond motifs is 1. The number of rotatable bonds is 4. The Morgan fingerprint density at radius 1 is 1.35 bits per heavy atom. The van der Waals surface area contributed by atoms with Crippen molar-refractivity contribution in [3.05, 3.63) is 36.3 Å². The van der Waals surface area contributed by atoms with Crippen molar-refractivity contribution in [1.29, 1.82) is 0 Å². The van der Waals surface area contributed by atoms with Crippen molar-refractivity contribution < 1.29 is 19.8 Å². The normalized spacial score (nSPS) is 12.5. The summed E-state index contributed by atoms with van der Waals surface area (Å²) < 4.78 is 1.66. The first kappa shape index (κ1) is 11.1. The molecular weight excluding hydrogens is 224 g/mol. The molecular formula is C11H10N2O4. The smallest absolute Gasteiger partial charge is 0.313 e. The number of aromatic nitrogens is 2. The van der Waals surface area contributed by atoms with E-state index in [0.717, 1.165) is 0 Å². The molecule has 2 N–H and O–H groups in total. The largest absolute Gasteiger partial charge is 0.481 e. The predicted octanol–water partition coefficient (Wildman–Crippen LogP) is 0.977. The van der Waals surface area contributed by atoms with E-state index in [2.05, 4.69) is 4.98 Å². The highest BCUT2D eigenvalue weighted by Crippen LogP contribution is 2.19. The summed E-state index contributed by atoms with van der Waals surface area (Å²) in [6.07, 6.45) is 2.79. The molecule has 2 aromatic rings. The number of hydrogen-bond donors (Lipinski definition) is 2. The van der Waals surface area contributed by atoms with Gasteiger partial charge in [0, 0.05) is 12.4 Å². The number of pyridine rings is 1. The van der Waals surface area contributed by atoms with Gasteiger partial charge in [-0.2, -0.15) is 0 Å². The molecule has 0 aliphatic carbocycles. The zero-order chi connectivity index (χ0) is 12.4. The molecule has 0 fully saturated rings. The van der Waals surface area contributed by atoms with Gasteiger partial charge in [-0.3, -0.25) is 9.59 Å². The second kappa shape index (κ2) is 4.25. The fourth-order valence-corrected chi connectivity index (χ4v) is 1.62. The van der Waals surface area contributed by atoms with Crippen molar-refractivity contribution in [2.75, 3.05) is 0 Å². The van der Waals surface area contributed by atoms with Gasteiger partial charge in [-0.25, -0.2) is 4.98 Å². The zero-order valence-corrected chi connectivity index (χ0v) is 8.78. The first-order valence-corrected chi connectivity index (χ1v) is 4.96. The molecule has 0 aromatic carbocycles. The van der Waals surface area contributed by atoms with E-state index in [4.69, 9.17) is 10.2 Å². The average Bonchev–Trinajstić information content (AvgIpc) is 2.68. The minimum atomic E-state index is -1.18. The van der Waals surface area contributed by atoms with Gasteiger partial charge in [0.1, 0.15) is 11.6 Å². The lowest BCUT2D eigenvalue weighted by Crippen LogP contribution is -2.16. The Morgan fingerprint density at radius 2 is 2.12 bits per heavy atom. The van der Waals surface area contributed by atoms with Gasteiger partial charge in [0.2, 0.25) is 0 Å². The standard InChI is InChI=1S/C11H10N2O4/c14-10(15)5-7(11(16)17)8-6-13-4-2-1-3-9(13)12-8/h1-4,6-7H,5H2,(H,14,15)(H,16,17). The SMILES string of the molecule is O=C(O)CC(C(=O)O)c1cn2ccccc2n1. The highest BCUT2D eigenvalue weighted by molar-refractivity contribution is 5.82. The second-order valence-corrected chi connectivity index (χ2v) is 3.62. The average molecular weight is 234 g/mol. The molecule has 0 amide bonds. The summed E-state index contributed by atoms with van der Waals surface area (Å²) >= 11 is 0. The first-order valence-electron chi connectivity index (χ1n) is 4.96. The molecule has 1 atom stereocenters. The van der Waals surface area contributed by atoms with Gasteiger partial charge >= 0.3 is 11.9 Å². The van der Waals surface area contributed by atoms with Crippen LogP contribution in [0.15, 0.2) is 30.6 Å². The molecule has 2 heterocycles. The van der Waals surface area contributed by atoms with Gasteiger partial charge in [-0.05, 0) is 12.1 Å². The van der Waals surface area contributed by atoms with Crippen LogP contribution in [-0.4, -0.2) is 31.5 Å². The van der Waals surface area contributed by atoms with E-state index in [1.54, 1.807) is 28.8 Å². The predicted molar refractivity (Wildman–Crippen MR) is 57.8 cm³/mol. The number of hydrogen-bond acceptors (Lipinski definition) is 3. The lowest BCUT2D eigenvalue weighted by Gasteiger charge is -2.05. The van der Waals surface area contributed by atoms with Crippen LogP contribution >= 0.6 is 0 Å². The number of imidazole rings is 1. The van der Waals surface area contributed by atoms with Crippen LogP contribution in [0.2, 0.25) is 0 Å². The number of carboxylic acid groups (broad SMARTS) is 2. The summed E-state index contributed by atoms with van der Waals surface area (Å²) in [5.41, 5.74) is 0.852. The fraction of sp³-hybridized carbons (Fsp3) is 0.182. The molecule has 2 aromatic heterocycles. The number of nitrogens with zero attached hydrogens (tertiary/aromatic N) is 2. The van der Waals surface area contributed by atoms with Crippen LogP contribution in [0.1, 0.15) is 18.0 Å². The molecule has 0 saturated carbocycles. The van der Waals surface area contributed by atoms with E-state index in [-0.39, 0.29) is 5.69 Å². The van der Waals surface area contributed by atoms with Crippen LogP contribution in [-0.2, 0) is 9.59 Å². The molecule has 0 aliphatic rings. The Morgan fingerprint density at radius 3 is 2.71 bits per heavy atom. The van der Waals surface area contributed by atoms with E-state index in [1.807, 2.05) is 0 Å². The third-order valence-corrected chi connectivity index (χ3v) is 2.42. The van der Waals surface area contributed by atoms with Gasteiger partial charge in [0.25, 0.3) is 0 Å². The van der Waals surface area contributed by atoms with Gasteiger partial charge in [-0.1, -0.05) is 6.07 Å². The summed E-state index contributed by atoms with van der Waals surface area (Å²) in [6.45, 7) is 0. The Bertz CT molecular complexity index is 543. The summed E-state index contributed by atoms with van der Waals surface area (Å²) in [5.74, 6) is -3.46. The Kier molecular flexibility index (Phi) is 2.78. The topological polar surface area (TPSA) is 91.9 Å². The second-order valence-electron chi connectivity index (χ2n) is 3.62. The molecule has 0 radical (unpaired) electrons. The molecule has 6 heteroatoms. The van der Waals surface area contributed by atoms with Crippen molar-refractivity contribution in [1.82, 2.24) is 9.38 Å². The lowest BCUT2D eigenvalue weighted by atomic mass is 10.0. The minimum absolute atomic E-state index is 0.256. The monoisotopic (exact) mass is 234 g/mol. The van der Waals surface area contributed by atoms with Crippen molar-refractivity contribution >= 4 is 17.6 Å². The minimum Gasteiger partial charge on any atom is -0.481 e. The van der Waals surface area contributed by atoms with E-state index >= 15 is 0 Å². The third kappa shape index (κ3) is 2.25. The molecule has 1 unspecified atom stereocenters. The molecule has 0 spiro atoms. The van der Waals surface area contributed by atoms with Crippen molar-refractivity contribution in [2.45, 2.75) is 12.3 Å². The molecule has 6 nitrogen and oxygen atoms in total. The van der Waals surface area contributed by atoms with Crippen LogP contribution in [0.4, 0.5) is 0 Å². The third-order valence-electron chi connectivity index (χ3n) is 2.42. The van der Waals surface area contributed by atoms with Gasteiger partial charge in [-0.15, -0.1) is 0 Å². The summed E-state index contributed by atoms with van der Waals surface area (Å²) in [4.78, 5) is 25.7. The number of carbonyl (C=O) groups is 2. The maximum atomic E-state index is 11.0. The molecule has 88 valence electrons. The van der Waals surface area contributed by atoms with Crippen LogP contribution in [0.25, 0.3) is 5.65 Å². The maximum Gasteiger partial charge on any atom is 0.313 e. The molecule has 0 saturated heterocycles. The van der Waals surface area contributed by atoms with E-state index in [1.165, 1.54) is 6.20 Å². The highest BCUT2D eigenvalue weighted by Gasteiger charge is 2.25. The number of aliphatic carboxylic acids is 2. The Hall–Kier alpha value is -2.37.